The second-order valence-electron chi connectivity index (χ2n) is 3.84. The minimum atomic E-state index is -0.931. The number of aliphatic hydroxyl groups is 1. The summed E-state index contributed by atoms with van der Waals surface area (Å²) >= 11 is 0. The Bertz CT molecular complexity index is 185. The fourth-order valence-electron chi connectivity index (χ4n) is 1.35. The molecule has 0 radical (unpaired) electrons. The van der Waals surface area contributed by atoms with Crippen LogP contribution in [0.2, 0.25) is 0 Å². The van der Waals surface area contributed by atoms with Gasteiger partial charge in [-0.15, -0.1) is 0 Å². The van der Waals surface area contributed by atoms with Gasteiger partial charge in [-0.3, -0.25) is 4.79 Å². The van der Waals surface area contributed by atoms with Crippen LogP contribution >= 0.6 is 0 Å². The Morgan fingerprint density at radius 3 is 2.54 bits per heavy atom. The van der Waals surface area contributed by atoms with Crippen molar-refractivity contribution in [3.63, 3.8) is 0 Å². The molecule has 76 valence electrons. The monoisotopic (exact) mass is 187 g/mol. The maximum absolute atomic E-state index is 11.2. The van der Waals surface area contributed by atoms with E-state index in [1.54, 1.807) is 0 Å². The van der Waals surface area contributed by atoms with Gasteiger partial charge in [-0.05, 0) is 26.7 Å². The Morgan fingerprint density at radius 1 is 1.54 bits per heavy atom. The average molecular weight is 187 g/mol. The maximum atomic E-state index is 11.2. The second-order valence-corrected chi connectivity index (χ2v) is 3.84. The topological polar surface area (TPSA) is 58.6 Å². The zero-order valence-electron chi connectivity index (χ0n) is 8.17. The third-order valence-corrected chi connectivity index (χ3v) is 2.40. The molecule has 1 atom stereocenters. The lowest BCUT2D eigenvalue weighted by Crippen LogP contribution is -2.52. The Hall–Kier alpha value is -0.610. The quantitative estimate of drug-likeness (QED) is 0.642. The third kappa shape index (κ3) is 2.97. The molecule has 0 aromatic carbocycles. The summed E-state index contributed by atoms with van der Waals surface area (Å²) in [5, 5.41) is 11.8. The van der Waals surface area contributed by atoms with Crippen LogP contribution in [0.5, 0.6) is 0 Å². The molecule has 1 saturated heterocycles. The summed E-state index contributed by atoms with van der Waals surface area (Å²) in [5.74, 6) is -0.301. The highest BCUT2D eigenvalue weighted by atomic mass is 16.5. The van der Waals surface area contributed by atoms with Gasteiger partial charge in [0.2, 0.25) is 5.91 Å². The highest BCUT2D eigenvalue weighted by Crippen LogP contribution is 2.19. The molecule has 0 spiro atoms. The number of carbonyl (C=O) groups excluding carboxylic acids is 1. The Morgan fingerprint density at radius 2 is 2.08 bits per heavy atom. The zero-order chi connectivity index (χ0) is 9.90. The number of nitrogens with one attached hydrogen (secondary N) is 1. The lowest BCUT2D eigenvalue weighted by atomic mass is 9.92. The summed E-state index contributed by atoms with van der Waals surface area (Å²) in [4.78, 5) is 11.2. The first-order valence-corrected chi connectivity index (χ1v) is 4.61. The predicted octanol–water partition coefficient (Wildman–Crippen LogP) is 0.0525. The van der Waals surface area contributed by atoms with Gasteiger partial charge < -0.3 is 15.2 Å². The number of hydrogen-bond acceptors (Lipinski definition) is 3. The van der Waals surface area contributed by atoms with E-state index in [0.717, 1.165) is 12.8 Å². The molecular formula is C9H17NO3. The molecule has 1 rings (SSSR count). The van der Waals surface area contributed by atoms with E-state index in [0.29, 0.717) is 13.2 Å². The molecule has 0 bridgehead atoms. The third-order valence-electron chi connectivity index (χ3n) is 2.40. The first kappa shape index (κ1) is 10.5. The van der Waals surface area contributed by atoms with Crippen LogP contribution in [0.15, 0.2) is 0 Å². The fourth-order valence-corrected chi connectivity index (χ4v) is 1.35. The molecule has 2 N–H and O–H groups in total. The van der Waals surface area contributed by atoms with E-state index in [-0.39, 0.29) is 11.4 Å². The van der Waals surface area contributed by atoms with Crippen LogP contribution in [-0.2, 0) is 9.53 Å². The largest absolute Gasteiger partial charge is 0.384 e. The van der Waals surface area contributed by atoms with E-state index in [9.17, 15) is 4.79 Å². The number of ether oxygens (including phenoxy) is 1. The minimum absolute atomic E-state index is 0.202. The standard InChI is InChI=1S/C9H17NO3/c1-7(11)8(12)10-9(2)3-5-13-6-4-9/h7,11H,3-6H2,1-2H3,(H,10,12). The molecule has 0 aromatic heterocycles. The molecule has 1 fully saturated rings. The lowest BCUT2D eigenvalue weighted by molar-refractivity contribution is -0.131. The first-order chi connectivity index (χ1) is 6.03. The molecule has 1 aliphatic heterocycles. The van der Waals surface area contributed by atoms with Crippen molar-refractivity contribution in [1.82, 2.24) is 5.32 Å². The van der Waals surface area contributed by atoms with E-state index in [1.807, 2.05) is 6.92 Å². The van der Waals surface area contributed by atoms with Gasteiger partial charge in [0.25, 0.3) is 0 Å². The number of hydrogen-bond donors (Lipinski definition) is 2. The van der Waals surface area contributed by atoms with Crippen LogP contribution < -0.4 is 5.32 Å². The minimum Gasteiger partial charge on any atom is -0.384 e. The van der Waals surface area contributed by atoms with Gasteiger partial charge in [0.1, 0.15) is 6.10 Å². The summed E-state index contributed by atoms with van der Waals surface area (Å²) < 4.78 is 5.19. The molecular weight excluding hydrogens is 170 g/mol. The van der Waals surface area contributed by atoms with Crippen molar-refractivity contribution in [2.45, 2.75) is 38.3 Å². The van der Waals surface area contributed by atoms with E-state index >= 15 is 0 Å². The summed E-state index contributed by atoms with van der Waals surface area (Å²) in [6, 6.07) is 0. The summed E-state index contributed by atoms with van der Waals surface area (Å²) in [6.07, 6.45) is 0.691. The number of carbonyl (C=O) groups is 1. The van der Waals surface area contributed by atoms with Crippen LogP contribution in [-0.4, -0.2) is 35.9 Å². The van der Waals surface area contributed by atoms with Gasteiger partial charge >= 0.3 is 0 Å². The van der Waals surface area contributed by atoms with E-state index < -0.39 is 6.10 Å². The Balaban J connectivity index is 2.45. The zero-order valence-corrected chi connectivity index (χ0v) is 8.17. The molecule has 0 aromatic rings. The van der Waals surface area contributed by atoms with Gasteiger partial charge in [0.15, 0.2) is 0 Å². The normalized spacial score (nSPS) is 23.6. The van der Waals surface area contributed by atoms with Crippen molar-refractivity contribution in [3.05, 3.63) is 0 Å². The fraction of sp³-hybridized carbons (Fsp3) is 0.889. The highest BCUT2D eigenvalue weighted by Gasteiger charge is 2.29. The summed E-state index contributed by atoms with van der Waals surface area (Å²) in [6.45, 7) is 4.81. The number of amides is 1. The SMILES string of the molecule is CC(O)C(=O)NC1(C)CCOCC1. The van der Waals surface area contributed by atoms with E-state index in [4.69, 9.17) is 9.84 Å². The van der Waals surface area contributed by atoms with Gasteiger partial charge in [-0.1, -0.05) is 0 Å². The Kier molecular flexibility index (Phi) is 3.27. The maximum Gasteiger partial charge on any atom is 0.248 e. The van der Waals surface area contributed by atoms with Crippen molar-refractivity contribution < 1.29 is 14.6 Å². The van der Waals surface area contributed by atoms with Gasteiger partial charge in [-0.25, -0.2) is 0 Å². The van der Waals surface area contributed by atoms with Gasteiger partial charge in [-0.2, -0.15) is 0 Å². The molecule has 1 heterocycles. The molecule has 1 aliphatic rings. The van der Waals surface area contributed by atoms with Crippen LogP contribution in [0.3, 0.4) is 0 Å². The molecule has 1 amide bonds. The van der Waals surface area contributed by atoms with Crippen molar-refractivity contribution in [3.8, 4) is 0 Å². The van der Waals surface area contributed by atoms with Crippen LogP contribution in [0.1, 0.15) is 26.7 Å². The van der Waals surface area contributed by atoms with Crippen LogP contribution in [0.4, 0.5) is 0 Å². The van der Waals surface area contributed by atoms with Gasteiger partial charge in [0, 0.05) is 18.8 Å². The first-order valence-electron chi connectivity index (χ1n) is 4.61. The summed E-state index contributed by atoms with van der Waals surface area (Å²) in [7, 11) is 0. The van der Waals surface area contributed by atoms with Crippen LogP contribution in [0, 0.1) is 0 Å². The smallest absolute Gasteiger partial charge is 0.248 e. The average Bonchev–Trinajstić information content (AvgIpc) is 2.04. The van der Waals surface area contributed by atoms with Crippen LogP contribution in [0.25, 0.3) is 0 Å². The lowest BCUT2D eigenvalue weighted by Gasteiger charge is -2.34. The van der Waals surface area contributed by atoms with Gasteiger partial charge in [0.05, 0.1) is 0 Å². The predicted molar refractivity (Wildman–Crippen MR) is 48.3 cm³/mol. The molecule has 4 nitrogen and oxygen atoms in total. The molecule has 1 unspecified atom stereocenters. The van der Waals surface area contributed by atoms with Crippen molar-refractivity contribution in [2.75, 3.05) is 13.2 Å². The highest BCUT2D eigenvalue weighted by molar-refractivity contribution is 5.80. The second kappa shape index (κ2) is 4.07. The van der Waals surface area contributed by atoms with E-state index in [2.05, 4.69) is 5.32 Å². The molecule has 0 aliphatic carbocycles. The number of aliphatic hydroxyl groups excluding tert-OH is 1. The molecule has 4 heteroatoms. The molecule has 13 heavy (non-hydrogen) atoms. The Labute approximate surface area is 78.3 Å². The van der Waals surface area contributed by atoms with Crippen molar-refractivity contribution in [2.24, 2.45) is 0 Å². The molecule has 0 saturated carbocycles. The van der Waals surface area contributed by atoms with E-state index in [1.165, 1.54) is 6.92 Å². The number of rotatable bonds is 2. The van der Waals surface area contributed by atoms with Crippen molar-refractivity contribution >= 4 is 5.91 Å². The summed E-state index contributed by atoms with van der Waals surface area (Å²) in [5.41, 5.74) is -0.202. The van der Waals surface area contributed by atoms with Crippen molar-refractivity contribution in [1.29, 1.82) is 0 Å².